The largest absolute Gasteiger partial charge is 0.310 e. The lowest BCUT2D eigenvalue weighted by atomic mass is 9.72. The van der Waals surface area contributed by atoms with E-state index in [1.54, 1.807) is 43.4 Å². The molecule has 0 saturated carbocycles. The van der Waals surface area contributed by atoms with Crippen LogP contribution in [0.1, 0.15) is 74.9 Å². The van der Waals surface area contributed by atoms with Crippen LogP contribution in [0.25, 0.3) is 67.3 Å². The number of hydrogen-bond acceptors (Lipinski definition) is 15. The molecule has 15 nitrogen and oxygen atoms in total. The zero-order chi connectivity index (χ0) is 98.2. The van der Waals surface area contributed by atoms with Crippen LogP contribution in [0.3, 0.4) is 0 Å². The molecule has 696 valence electrons. The molecule has 0 radical (unpaired) electrons. The van der Waals surface area contributed by atoms with E-state index in [4.69, 9.17) is 4.98 Å². The summed E-state index contributed by atoms with van der Waals surface area (Å²) in [7, 11) is -9.49. The van der Waals surface area contributed by atoms with Crippen molar-refractivity contribution in [2.24, 2.45) is 0 Å². The second-order valence-electron chi connectivity index (χ2n) is 37.6. The molecule has 12 aromatic carbocycles. The SMILES string of the molecule is CC1(C)c2cc(-c3ccccn3)ccc2N(c2ccc(P(=O)(c3ccccc3)c3ccccc3)cn2)c2ccc(-c3ccccn3)cc21.CC1(C)c2cc(-c3ccccn3)ccc2N(c2ccc(P(=O)(c3ccccc3)c3cccnc3)cc2)c2ccc(-c3ccccn3)cc21.CC1(C)c2cc(-c3cccnc3)ccc2N(c2ccc(P(=O)(c3ccccc3)c3cccnc3)cc2)c2ccc(-c3cccnc3)cc21. The molecule has 2 unspecified atom stereocenters. The molecular formula is C126H99N12O3P3. The van der Waals surface area contributed by atoms with Crippen LogP contribution in [0.5, 0.6) is 0 Å². The van der Waals surface area contributed by atoms with Gasteiger partial charge in [0, 0.05) is 178 Å². The minimum absolute atomic E-state index is 0.305. The van der Waals surface area contributed by atoms with Crippen molar-refractivity contribution in [3.8, 4) is 67.3 Å². The average Bonchev–Trinajstić information content (AvgIpc) is 0.722. The summed E-state index contributed by atoms with van der Waals surface area (Å²) < 4.78 is 45.2. The molecule has 21 aromatic rings. The summed E-state index contributed by atoms with van der Waals surface area (Å²) in [6.07, 6.45) is 23.4. The summed E-state index contributed by atoms with van der Waals surface area (Å²) in [6.45, 7) is 13.7. The summed E-state index contributed by atoms with van der Waals surface area (Å²) in [5.41, 5.74) is 27.1. The van der Waals surface area contributed by atoms with Gasteiger partial charge in [-0.3, -0.25) is 44.8 Å². The van der Waals surface area contributed by atoms with E-state index in [2.05, 4.69) is 254 Å². The van der Waals surface area contributed by atoms with Gasteiger partial charge in [-0.15, -0.1) is 0 Å². The Labute approximate surface area is 839 Å². The summed E-state index contributed by atoms with van der Waals surface area (Å²) in [5.74, 6) is 0.751. The van der Waals surface area contributed by atoms with E-state index in [-0.39, 0.29) is 16.2 Å². The van der Waals surface area contributed by atoms with Gasteiger partial charge < -0.3 is 23.5 Å². The fourth-order valence-corrected chi connectivity index (χ4v) is 28.3. The number of anilines is 9. The van der Waals surface area contributed by atoms with Crippen LogP contribution in [0, 0.1) is 0 Å². The maximum Gasteiger partial charge on any atom is 0.172 e. The van der Waals surface area contributed by atoms with E-state index < -0.39 is 21.4 Å². The average molecular weight is 1920 g/mol. The first-order chi connectivity index (χ1) is 70.3. The van der Waals surface area contributed by atoms with E-state index >= 15 is 13.7 Å². The molecule has 0 bridgehead atoms. The molecule has 9 aromatic heterocycles. The fraction of sp³-hybridized carbons (Fsp3) is 0.0714. The normalized spacial score (nSPS) is 14.1. The predicted molar refractivity (Wildman–Crippen MR) is 591 cm³/mol. The van der Waals surface area contributed by atoms with Crippen molar-refractivity contribution >= 4 is 120 Å². The van der Waals surface area contributed by atoms with Crippen molar-refractivity contribution in [1.82, 2.24) is 44.9 Å². The zero-order valence-electron chi connectivity index (χ0n) is 80.2. The van der Waals surface area contributed by atoms with Crippen LogP contribution in [-0.2, 0) is 29.9 Å². The molecular weight excluding hydrogens is 1820 g/mol. The van der Waals surface area contributed by atoms with Crippen molar-refractivity contribution in [1.29, 1.82) is 0 Å². The number of fused-ring (bicyclic) bond motifs is 6. The summed E-state index contributed by atoms with van der Waals surface area (Å²) in [6, 6.07) is 139. The number of pyridine rings is 9. The van der Waals surface area contributed by atoms with Crippen molar-refractivity contribution in [2.75, 3.05) is 14.7 Å². The van der Waals surface area contributed by atoms with Crippen molar-refractivity contribution in [2.45, 2.75) is 57.8 Å². The molecule has 144 heavy (non-hydrogen) atoms. The third kappa shape index (κ3) is 16.9. The van der Waals surface area contributed by atoms with Crippen LogP contribution in [0.4, 0.5) is 51.3 Å². The first kappa shape index (κ1) is 92.1. The Balaban J connectivity index is 0.000000123. The fourth-order valence-electron chi connectivity index (χ4n) is 20.5. The van der Waals surface area contributed by atoms with Gasteiger partial charge in [0.05, 0.1) is 56.9 Å². The molecule has 3 aliphatic heterocycles. The summed E-state index contributed by atoms with van der Waals surface area (Å²) >= 11 is 0. The lowest BCUT2D eigenvalue weighted by Crippen LogP contribution is -2.31. The Morgan fingerprint density at radius 1 is 0.188 bits per heavy atom. The Morgan fingerprint density at radius 2 is 0.431 bits per heavy atom. The maximum atomic E-state index is 15.1. The van der Waals surface area contributed by atoms with Crippen LogP contribution in [0.15, 0.2) is 493 Å². The van der Waals surface area contributed by atoms with Crippen LogP contribution >= 0.6 is 21.4 Å². The second-order valence-corrected chi connectivity index (χ2v) is 45.9. The van der Waals surface area contributed by atoms with Gasteiger partial charge in [-0.1, -0.05) is 236 Å². The highest BCUT2D eigenvalue weighted by Gasteiger charge is 2.44. The maximum absolute atomic E-state index is 15.1. The summed E-state index contributed by atoms with van der Waals surface area (Å²) in [5, 5.41) is 6.78. The number of aromatic nitrogens is 9. The highest BCUT2D eigenvalue weighted by molar-refractivity contribution is 7.86. The third-order valence-electron chi connectivity index (χ3n) is 28.1. The Bertz CT molecular complexity index is 7200. The van der Waals surface area contributed by atoms with E-state index in [9.17, 15) is 0 Å². The number of rotatable bonds is 18. The number of hydrogen-bond donors (Lipinski definition) is 0. The molecule has 0 N–H and O–H groups in total. The standard InChI is InChI=1S/3C42H33N4OP/c1-42(2)35-27-30(37-17-9-11-25-43-37)19-22-39(35)46(40-23-20-31(28-36(40)42)38-18-10-12-26-44-38)41-24-21-34(29-45-41)48(47,32-13-5-3-6-14-32)33-15-7-4-8-16-33;1-42(2)38-25-30(32-9-6-22-43-27-32)14-20-40(38)46(41-21-15-31(26-39(41)42)33-10-7-23-44-28-33)34-16-18-36(19-17-34)48(47,35-11-4-3-5-12-35)37-13-8-24-45-29-37;1-42(2)36-27-30(38-14-6-8-25-44-38)16-22-40(36)46(41-23-17-31(28-37(41)42)39-15-7-9-26-45-39)32-18-20-34(21-19-32)48(47,33-11-4-3-5-12-33)35-13-10-24-43-29-35/h3*3-29H,1-2H3. The predicted octanol–water partition coefficient (Wildman–Crippen LogP) is 26.9. The monoisotopic (exact) mass is 1920 g/mol. The van der Waals surface area contributed by atoms with E-state index in [1.165, 1.54) is 33.4 Å². The molecule has 0 amide bonds. The first-order valence-corrected chi connectivity index (χ1v) is 53.2. The van der Waals surface area contributed by atoms with Crippen LogP contribution in [0.2, 0.25) is 0 Å². The van der Waals surface area contributed by atoms with E-state index in [0.29, 0.717) is 15.9 Å². The Kier molecular flexibility index (Phi) is 24.7. The lowest BCUT2D eigenvalue weighted by molar-refractivity contribution is 0.591. The topological polar surface area (TPSA) is 177 Å². The van der Waals surface area contributed by atoms with Crippen molar-refractivity contribution in [3.05, 3.63) is 526 Å². The molecule has 24 rings (SSSR count). The smallest absolute Gasteiger partial charge is 0.172 e. The van der Waals surface area contributed by atoms with E-state index in [0.717, 1.165) is 150 Å². The second kappa shape index (κ2) is 38.6. The zero-order valence-corrected chi connectivity index (χ0v) is 82.9. The summed E-state index contributed by atoms with van der Waals surface area (Å²) in [4.78, 5) is 47.9. The van der Waals surface area contributed by atoms with Gasteiger partial charge in [0.2, 0.25) is 0 Å². The van der Waals surface area contributed by atoms with Crippen molar-refractivity contribution in [3.63, 3.8) is 0 Å². The van der Waals surface area contributed by atoms with Gasteiger partial charge >= 0.3 is 0 Å². The van der Waals surface area contributed by atoms with Crippen molar-refractivity contribution < 1.29 is 13.7 Å². The lowest BCUT2D eigenvalue weighted by Gasteiger charge is -2.42. The first-order valence-electron chi connectivity index (χ1n) is 48.1. The molecule has 18 heteroatoms. The number of benzene rings is 12. The highest BCUT2D eigenvalue weighted by Crippen LogP contribution is 2.59. The Morgan fingerprint density at radius 3 is 0.688 bits per heavy atom. The van der Waals surface area contributed by atoms with Gasteiger partial charge in [-0.05, 0) is 274 Å². The van der Waals surface area contributed by atoms with Crippen LogP contribution in [-0.4, -0.2) is 44.9 Å². The van der Waals surface area contributed by atoms with Gasteiger partial charge in [0.15, 0.2) is 21.4 Å². The minimum atomic E-state index is -3.17. The quantitative estimate of drug-likeness (QED) is 0.0741. The molecule has 0 fully saturated rings. The van der Waals surface area contributed by atoms with Gasteiger partial charge in [0.1, 0.15) is 5.82 Å². The Hall–Kier alpha value is -16.9. The third-order valence-corrected chi connectivity index (χ3v) is 37.2. The van der Waals surface area contributed by atoms with Crippen LogP contribution < -0.4 is 62.4 Å². The molecule has 3 aliphatic rings. The number of nitrogens with zero attached hydrogens (tertiary/aromatic N) is 12. The molecule has 2 atom stereocenters. The molecule has 0 saturated heterocycles. The van der Waals surface area contributed by atoms with E-state index in [1.807, 2.05) is 292 Å². The van der Waals surface area contributed by atoms with Gasteiger partial charge in [0.25, 0.3) is 0 Å². The molecule has 0 spiro atoms. The minimum Gasteiger partial charge on any atom is -0.310 e. The molecule has 0 aliphatic carbocycles. The van der Waals surface area contributed by atoms with Gasteiger partial charge in [-0.25, -0.2) is 4.98 Å². The van der Waals surface area contributed by atoms with Gasteiger partial charge in [-0.2, -0.15) is 0 Å². The highest BCUT2D eigenvalue weighted by atomic mass is 31.2. The molecule has 12 heterocycles.